The van der Waals surface area contributed by atoms with Gasteiger partial charge in [0.25, 0.3) is 0 Å². The molecule has 2 N–H and O–H groups in total. The fraction of sp³-hybridized carbons (Fsp3) is 0.500. The van der Waals surface area contributed by atoms with Crippen LogP contribution in [0.3, 0.4) is 0 Å². The molecular formula is C10H15NO. The monoisotopic (exact) mass is 165 g/mol. The fourth-order valence-electron chi connectivity index (χ4n) is 1.22. The summed E-state index contributed by atoms with van der Waals surface area (Å²) in [5.74, 6) is 0.0647. The lowest BCUT2D eigenvalue weighted by molar-refractivity contribution is -0.118. The van der Waals surface area contributed by atoms with Crippen LogP contribution >= 0.6 is 0 Å². The van der Waals surface area contributed by atoms with Gasteiger partial charge in [0, 0.05) is 0 Å². The Morgan fingerprint density at radius 2 is 2.42 bits per heavy atom. The van der Waals surface area contributed by atoms with Gasteiger partial charge in [-0.05, 0) is 26.2 Å². The second-order valence-corrected chi connectivity index (χ2v) is 3.18. The van der Waals surface area contributed by atoms with Crippen molar-refractivity contribution in [3.05, 3.63) is 23.8 Å². The van der Waals surface area contributed by atoms with Crippen molar-refractivity contribution in [1.29, 1.82) is 0 Å². The van der Waals surface area contributed by atoms with E-state index in [1.165, 1.54) is 12.5 Å². The molecule has 0 heterocycles. The SMILES string of the molecule is CC(=O)[C@@H](N)CC1=CCCC=C1. The molecule has 0 saturated carbocycles. The van der Waals surface area contributed by atoms with E-state index in [1.807, 2.05) is 0 Å². The minimum Gasteiger partial charge on any atom is -0.321 e. The summed E-state index contributed by atoms with van der Waals surface area (Å²) in [5, 5.41) is 0. The molecule has 0 fully saturated rings. The zero-order valence-electron chi connectivity index (χ0n) is 7.42. The first kappa shape index (κ1) is 9.20. The Balaban J connectivity index is 2.45. The maximum absolute atomic E-state index is 10.8. The third-order valence-corrected chi connectivity index (χ3v) is 2.05. The molecule has 0 bridgehead atoms. The lowest BCUT2D eigenvalue weighted by Crippen LogP contribution is -2.28. The summed E-state index contributed by atoms with van der Waals surface area (Å²) in [6.45, 7) is 1.54. The van der Waals surface area contributed by atoms with Crippen LogP contribution in [0.5, 0.6) is 0 Å². The van der Waals surface area contributed by atoms with E-state index < -0.39 is 0 Å². The number of ketones is 1. The molecule has 12 heavy (non-hydrogen) atoms. The molecule has 0 saturated heterocycles. The summed E-state index contributed by atoms with van der Waals surface area (Å²) in [6, 6.07) is -0.320. The van der Waals surface area contributed by atoms with Gasteiger partial charge in [0.1, 0.15) is 5.78 Å². The van der Waals surface area contributed by atoms with Crippen LogP contribution in [0.25, 0.3) is 0 Å². The van der Waals surface area contributed by atoms with Crippen molar-refractivity contribution >= 4 is 5.78 Å². The topological polar surface area (TPSA) is 43.1 Å². The molecule has 66 valence electrons. The first-order valence-corrected chi connectivity index (χ1v) is 4.32. The Hall–Kier alpha value is -0.890. The summed E-state index contributed by atoms with van der Waals surface area (Å²) in [7, 11) is 0. The molecule has 0 aromatic carbocycles. The van der Waals surface area contributed by atoms with Gasteiger partial charge in [-0.2, -0.15) is 0 Å². The lowest BCUT2D eigenvalue weighted by Gasteiger charge is -2.10. The molecule has 0 unspecified atom stereocenters. The first-order valence-electron chi connectivity index (χ1n) is 4.32. The number of hydrogen-bond acceptors (Lipinski definition) is 2. The normalized spacial score (nSPS) is 18.7. The van der Waals surface area contributed by atoms with Crippen LogP contribution in [0.4, 0.5) is 0 Å². The minimum atomic E-state index is -0.320. The van der Waals surface area contributed by atoms with Crippen LogP contribution in [0.15, 0.2) is 23.8 Å². The highest BCUT2D eigenvalue weighted by molar-refractivity contribution is 5.81. The van der Waals surface area contributed by atoms with Gasteiger partial charge in [0.15, 0.2) is 0 Å². The van der Waals surface area contributed by atoms with E-state index in [9.17, 15) is 4.79 Å². The van der Waals surface area contributed by atoms with Crippen LogP contribution in [0.1, 0.15) is 26.2 Å². The highest BCUT2D eigenvalue weighted by atomic mass is 16.1. The number of rotatable bonds is 3. The molecular weight excluding hydrogens is 150 g/mol. The van der Waals surface area contributed by atoms with Crippen molar-refractivity contribution in [1.82, 2.24) is 0 Å². The lowest BCUT2D eigenvalue weighted by atomic mass is 9.99. The van der Waals surface area contributed by atoms with Crippen LogP contribution < -0.4 is 5.73 Å². The van der Waals surface area contributed by atoms with Crippen LogP contribution in [0, 0.1) is 0 Å². The number of hydrogen-bond donors (Lipinski definition) is 1. The molecule has 0 aromatic heterocycles. The summed E-state index contributed by atoms with van der Waals surface area (Å²) < 4.78 is 0. The highest BCUT2D eigenvalue weighted by Crippen LogP contribution is 2.14. The molecule has 1 aliphatic carbocycles. The summed E-state index contributed by atoms with van der Waals surface area (Å²) in [5.41, 5.74) is 6.82. The van der Waals surface area contributed by atoms with Gasteiger partial charge in [-0.3, -0.25) is 4.79 Å². The predicted octanol–water partition coefficient (Wildman–Crippen LogP) is 1.57. The highest BCUT2D eigenvalue weighted by Gasteiger charge is 2.09. The fourth-order valence-corrected chi connectivity index (χ4v) is 1.22. The molecule has 1 aliphatic rings. The van der Waals surface area contributed by atoms with E-state index >= 15 is 0 Å². The van der Waals surface area contributed by atoms with E-state index in [4.69, 9.17) is 5.73 Å². The molecule has 1 atom stereocenters. The molecule has 2 nitrogen and oxygen atoms in total. The van der Waals surface area contributed by atoms with Crippen LogP contribution in [-0.4, -0.2) is 11.8 Å². The molecule has 0 aromatic rings. The smallest absolute Gasteiger partial charge is 0.146 e. The molecule has 0 radical (unpaired) electrons. The zero-order valence-corrected chi connectivity index (χ0v) is 7.42. The average Bonchev–Trinajstić information content (AvgIpc) is 2.06. The van der Waals surface area contributed by atoms with Crippen molar-refractivity contribution < 1.29 is 4.79 Å². The minimum absolute atomic E-state index is 0.0647. The molecule has 1 rings (SSSR count). The molecule has 0 spiro atoms. The van der Waals surface area contributed by atoms with Crippen molar-refractivity contribution in [2.45, 2.75) is 32.2 Å². The van der Waals surface area contributed by atoms with Gasteiger partial charge in [-0.1, -0.05) is 23.8 Å². The van der Waals surface area contributed by atoms with E-state index in [0.29, 0.717) is 6.42 Å². The molecule has 0 aliphatic heterocycles. The van der Waals surface area contributed by atoms with E-state index in [1.54, 1.807) is 0 Å². The van der Waals surface area contributed by atoms with Crippen LogP contribution in [-0.2, 0) is 4.79 Å². The summed E-state index contributed by atoms with van der Waals surface area (Å²) in [6.07, 6.45) is 9.22. The second-order valence-electron chi connectivity index (χ2n) is 3.18. The van der Waals surface area contributed by atoms with Gasteiger partial charge < -0.3 is 5.73 Å². The van der Waals surface area contributed by atoms with E-state index in [0.717, 1.165) is 12.8 Å². The molecule has 0 amide bonds. The standard InChI is InChI=1S/C10H15NO/c1-8(12)10(11)7-9-5-3-2-4-6-9/h3,5-6,10H,2,4,7,11H2,1H3/t10-/m0/s1. The van der Waals surface area contributed by atoms with Crippen molar-refractivity contribution in [3.63, 3.8) is 0 Å². The van der Waals surface area contributed by atoms with E-state index in [2.05, 4.69) is 18.2 Å². The Bertz CT molecular complexity index is 228. The predicted molar refractivity (Wildman–Crippen MR) is 49.7 cm³/mol. The maximum Gasteiger partial charge on any atom is 0.146 e. The Morgan fingerprint density at radius 1 is 1.67 bits per heavy atom. The van der Waals surface area contributed by atoms with Crippen molar-refractivity contribution in [2.75, 3.05) is 0 Å². The van der Waals surface area contributed by atoms with Crippen molar-refractivity contribution in [3.8, 4) is 0 Å². The van der Waals surface area contributed by atoms with Gasteiger partial charge in [-0.15, -0.1) is 0 Å². The van der Waals surface area contributed by atoms with Gasteiger partial charge >= 0.3 is 0 Å². The summed E-state index contributed by atoms with van der Waals surface area (Å²) in [4.78, 5) is 10.8. The third-order valence-electron chi connectivity index (χ3n) is 2.05. The van der Waals surface area contributed by atoms with Gasteiger partial charge in [-0.25, -0.2) is 0 Å². The quantitative estimate of drug-likeness (QED) is 0.689. The second kappa shape index (κ2) is 4.21. The van der Waals surface area contributed by atoms with Crippen LogP contribution in [0.2, 0.25) is 0 Å². The molecule has 2 heteroatoms. The Kier molecular flexibility index (Phi) is 3.23. The zero-order chi connectivity index (χ0) is 8.97. The third kappa shape index (κ3) is 2.62. The number of Topliss-reactive ketones (excluding diaryl/α,β-unsaturated/α-hetero) is 1. The van der Waals surface area contributed by atoms with E-state index in [-0.39, 0.29) is 11.8 Å². The number of carbonyl (C=O) groups excluding carboxylic acids is 1. The van der Waals surface area contributed by atoms with Gasteiger partial charge in [0.05, 0.1) is 6.04 Å². The Labute approximate surface area is 73.1 Å². The average molecular weight is 165 g/mol. The van der Waals surface area contributed by atoms with Crippen molar-refractivity contribution in [2.24, 2.45) is 5.73 Å². The Morgan fingerprint density at radius 3 is 2.92 bits per heavy atom. The largest absolute Gasteiger partial charge is 0.321 e. The number of carbonyl (C=O) groups is 1. The number of nitrogens with two attached hydrogens (primary N) is 1. The first-order chi connectivity index (χ1) is 5.70. The maximum atomic E-state index is 10.8. The summed E-state index contributed by atoms with van der Waals surface area (Å²) >= 11 is 0. The number of allylic oxidation sites excluding steroid dienone is 3. The van der Waals surface area contributed by atoms with Gasteiger partial charge in [0.2, 0.25) is 0 Å².